The van der Waals surface area contributed by atoms with Crippen molar-refractivity contribution in [1.29, 1.82) is 0 Å². The van der Waals surface area contributed by atoms with Gasteiger partial charge in [0.2, 0.25) is 0 Å². The molecule has 0 unspecified atom stereocenters. The lowest BCUT2D eigenvalue weighted by atomic mass is 10.1. The minimum Gasteiger partial charge on any atom is -0.448 e. The van der Waals surface area contributed by atoms with Gasteiger partial charge in [0, 0.05) is 0 Å². The van der Waals surface area contributed by atoms with E-state index in [4.69, 9.17) is 10.5 Å². The van der Waals surface area contributed by atoms with Crippen molar-refractivity contribution in [3.05, 3.63) is 34.9 Å². The van der Waals surface area contributed by atoms with E-state index in [1.165, 1.54) is 0 Å². The fourth-order valence-electron chi connectivity index (χ4n) is 1.96. The highest BCUT2D eigenvalue weighted by Gasteiger charge is 2.27. The van der Waals surface area contributed by atoms with Crippen molar-refractivity contribution in [2.75, 3.05) is 0 Å². The lowest BCUT2D eigenvalue weighted by Crippen LogP contribution is -2.45. The van der Waals surface area contributed by atoms with Crippen molar-refractivity contribution >= 4 is 17.9 Å². The molecule has 0 fully saturated rings. The van der Waals surface area contributed by atoms with Crippen LogP contribution in [0.5, 0.6) is 0 Å². The summed E-state index contributed by atoms with van der Waals surface area (Å²) in [6.07, 6.45) is -1.08. The average molecular weight is 292 g/mol. The minimum absolute atomic E-state index is 0.292. The number of benzene rings is 1. The molecule has 3 amide bonds. The molecule has 0 aliphatic heterocycles. The molecule has 6 nitrogen and oxygen atoms in total. The smallest absolute Gasteiger partial charge is 0.338 e. The number of amides is 3. The summed E-state index contributed by atoms with van der Waals surface area (Å²) in [6, 6.07) is 4.31. The van der Waals surface area contributed by atoms with Crippen LogP contribution in [0.15, 0.2) is 18.2 Å². The first-order valence-electron chi connectivity index (χ1n) is 6.60. The number of carbonyl (C=O) groups excluding carboxylic acids is 3. The fraction of sp³-hybridized carbons (Fsp3) is 0.400. The molecule has 0 spiro atoms. The third-order valence-corrected chi connectivity index (χ3v) is 2.80. The molecule has 6 heteroatoms. The third-order valence-electron chi connectivity index (χ3n) is 2.80. The summed E-state index contributed by atoms with van der Waals surface area (Å²) in [7, 11) is 0. The zero-order valence-electron chi connectivity index (χ0n) is 12.6. The van der Waals surface area contributed by atoms with Gasteiger partial charge < -0.3 is 10.5 Å². The van der Waals surface area contributed by atoms with Gasteiger partial charge >= 0.3 is 12.0 Å². The minimum atomic E-state index is -1.08. The first-order chi connectivity index (χ1) is 9.70. The number of aryl methyl sites for hydroxylation is 2. The number of carbonyl (C=O) groups is 3. The molecule has 3 N–H and O–H groups in total. The zero-order chi connectivity index (χ0) is 16.2. The summed E-state index contributed by atoms with van der Waals surface area (Å²) in [5.41, 5.74) is 7.11. The molecule has 0 bridgehead atoms. The molecular weight excluding hydrogens is 272 g/mol. The molecular formula is C15H20N2O4. The molecule has 0 heterocycles. The van der Waals surface area contributed by atoms with Crippen LogP contribution in [0.3, 0.4) is 0 Å². The highest BCUT2D eigenvalue weighted by molar-refractivity contribution is 5.98. The van der Waals surface area contributed by atoms with Crippen LogP contribution in [0.4, 0.5) is 4.79 Å². The second kappa shape index (κ2) is 6.88. The van der Waals surface area contributed by atoms with Crippen LogP contribution >= 0.6 is 0 Å². The Bertz CT molecular complexity index is 547. The van der Waals surface area contributed by atoms with Crippen LogP contribution in [0.25, 0.3) is 0 Å². The van der Waals surface area contributed by atoms with E-state index in [-0.39, 0.29) is 5.92 Å². The summed E-state index contributed by atoms with van der Waals surface area (Å²) >= 11 is 0. The number of nitrogens with one attached hydrogen (secondary N) is 1. The molecule has 0 saturated carbocycles. The van der Waals surface area contributed by atoms with Crippen molar-refractivity contribution in [1.82, 2.24) is 5.32 Å². The third kappa shape index (κ3) is 4.91. The van der Waals surface area contributed by atoms with E-state index >= 15 is 0 Å². The van der Waals surface area contributed by atoms with E-state index in [1.54, 1.807) is 26.0 Å². The Kier molecular flexibility index (Phi) is 5.46. The first kappa shape index (κ1) is 16.7. The van der Waals surface area contributed by atoms with Gasteiger partial charge in [-0.05, 0) is 31.9 Å². The fourth-order valence-corrected chi connectivity index (χ4v) is 1.96. The SMILES string of the molecule is Cc1cc(C)cc(C(=O)O[C@H](C(=O)NC(N)=O)C(C)C)c1. The van der Waals surface area contributed by atoms with Crippen LogP contribution in [0.2, 0.25) is 0 Å². The Morgan fingerprint density at radius 1 is 1.10 bits per heavy atom. The van der Waals surface area contributed by atoms with Gasteiger partial charge in [0.1, 0.15) is 0 Å². The van der Waals surface area contributed by atoms with Crippen LogP contribution in [-0.2, 0) is 9.53 Å². The molecule has 0 aromatic heterocycles. The number of rotatable bonds is 4. The van der Waals surface area contributed by atoms with Crippen molar-refractivity contribution < 1.29 is 19.1 Å². The van der Waals surface area contributed by atoms with Gasteiger partial charge in [-0.3, -0.25) is 10.1 Å². The quantitative estimate of drug-likeness (QED) is 0.825. The number of urea groups is 1. The molecule has 1 atom stereocenters. The van der Waals surface area contributed by atoms with E-state index in [0.29, 0.717) is 5.56 Å². The number of nitrogens with two attached hydrogens (primary N) is 1. The highest BCUT2D eigenvalue weighted by atomic mass is 16.5. The molecule has 1 aromatic carbocycles. The van der Waals surface area contributed by atoms with Crippen LogP contribution < -0.4 is 11.1 Å². The summed E-state index contributed by atoms with van der Waals surface area (Å²) in [6.45, 7) is 7.15. The van der Waals surface area contributed by atoms with Gasteiger partial charge in [-0.15, -0.1) is 0 Å². The monoisotopic (exact) mass is 292 g/mol. The molecule has 21 heavy (non-hydrogen) atoms. The predicted octanol–water partition coefficient (Wildman–Crippen LogP) is 1.68. The maximum atomic E-state index is 12.1. The van der Waals surface area contributed by atoms with Crippen LogP contribution in [-0.4, -0.2) is 24.0 Å². The molecule has 1 rings (SSSR count). The Morgan fingerprint density at radius 3 is 2.05 bits per heavy atom. The largest absolute Gasteiger partial charge is 0.448 e. The number of hydrogen-bond acceptors (Lipinski definition) is 4. The van der Waals surface area contributed by atoms with E-state index in [2.05, 4.69) is 0 Å². The van der Waals surface area contributed by atoms with Gasteiger partial charge in [-0.25, -0.2) is 9.59 Å². The Hall–Kier alpha value is -2.37. The number of imide groups is 1. The van der Waals surface area contributed by atoms with E-state index < -0.39 is 24.0 Å². The second-order valence-corrected chi connectivity index (χ2v) is 5.30. The van der Waals surface area contributed by atoms with E-state index in [1.807, 2.05) is 25.2 Å². The highest BCUT2D eigenvalue weighted by Crippen LogP contribution is 2.14. The van der Waals surface area contributed by atoms with E-state index in [9.17, 15) is 14.4 Å². The van der Waals surface area contributed by atoms with Gasteiger partial charge in [-0.2, -0.15) is 0 Å². The van der Waals surface area contributed by atoms with Crippen molar-refractivity contribution in [3.8, 4) is 0 Å². The van der Waals surface area contributed by atoms with Crippen LogP contribution in [0, 0.1) is 19.8 Å². The second-order valence-electron chi connectivity index (χ2n) is 5.30. The summed E-state index contributed by atoms with van der Waals surface area (Å²) < 4.78 is 5.21. The Balaban J connectivity index is 2.90. The molecule has 0 aliphatic carbocycles. The van der Waals surface area contributed by atoms with Gasteiger partial charge in [-0.1, -0.05) is 31.0 Å². The summed E-state index contributed by atoms with van der Waals surface area (Å²) in [5, 5.41) is 1.93. The van der Waals surface area contributed by atoms with Crippen molar-refractivity contribution in [2.45, 2.75) is 33.8 Å². The normalized spacial score (nSPS) is 11.9. The zero-order valence-corrected chi connectivity index (χ0v) is 12.6. The predicted molar refractivity (Wildman–Crippen MR) is 77.7 cm³/mol. The van der Waals surface area contributed by atoms with Crippen molar-refractivity contribution in [2.24, 2.45) is 11.7 Å². The number of primary amides is 1. The molecule has 0 aliphatic rings. The summed E-state index contributed by atoms with van der Waals surface area (Å²) in [4.78, 5) is 34.7. The molecule has 114 valence electrons. The maximum absolute atomic E-state index is 12.1. The van der Waals surface area contributed by atoms with Gasteiger partial charge in [0.25, 0.3) is 5.91 Å². The molecule has 0 radical (unpaired) electrons. The first-order valence-corrected chi connectivity index (χ1v) is 6.60. The van der Waals surface area contributed by atoms with Gasteiger partial charge in [0.15, 0.2) is 6.10 Å². The van der Waals surface area contributed by atoms with Crippen LogP contribution in [0.1, 0.15) is 35.3 Å². The van der Waals surface area contributed by atoms with E-state index in [0.717, 1.165) is 11.1 Å². The molecule has 1 aromatic rings. The topological polar surface area (TPSA) is 98.5 Å². The standard InChI is InChI=1S/C15H20N2O4/c1-8(2)12(13(18)17-15(16)20)21-14(19)11-6-9(3)5-10(4)7-11/h5-8,12H,1-4H3,(H3,16,17,18,20)/t12-/m0/s1. The molecule has 0 saturated heterocycles. The maximum Gasteiger partial charge on any atom is 0.338 e. The average Bonchev–Trinajstić information content (AvgIpc) is 2.32. The Labute approximate surface area is 123 Å². The Morgan fingerprint density at radius 2 is 1.62 bits per heavy atom. The number of hydrogen-bond donors (Lipinski definition) is 2. The summed E-state index contributed by atoms with van der Waals surface area (Å²) in [5.74, 6) is -1.63. The lowest BCUT2D eigenvalue weighted by molar-refractivity contribution is -0.130. The number of ether oxygens (including phenoxy) is 1. The number of esters is 1. The van der Waals surface area contributed by atoms with Gasteiger partial charge in [0.05, 0.1) is 5.56 Å². The van der Waals surface area contributed by atoms with Crippen molar-refractivity contribution in [3.63, 3.8) is 0 Å². The lowest BCUT2D eigenvalue weighted by Gasteiger charge is -2.20.